The average molecular weight is 279 g/mol. The lowest BCUT2D eigenvalue weighted by Gasteiger charge is -2.03. The minimum absolute atomic E-state index is 0.0258. The molecule has 0 bridgehead atoms. The predicted octanol–water partition coefficient (Wildman–Crippen LogP) is 2.32. The molecular weight excluding hydrogens is 266 g/mol. The van der Waals surface area contributed by atoms with E-state index in [-0.39, 0.29) is 41.2 Å². The smallest absolute Gasteiger partial charge is 0.342 e. The Hall–Kier alpha value is -2.41. The number of nitrogens with zero attached hydrogens (tertiary/aromatic N) is 1. The number of aliphatic hydroxyl groups excluding tert-OH is 1. The van der Waals surface area contributed by atoms with Crippen LogP contribution in [0.1, 0.15) is 28.6 Å². The highest BCUT2D eigenvalue weighted by Crippen LogP contribution is 2.35. The number of furan rings is 1. The number of aryl methyl sites for hydroxylation is 1. The van der Waals surface area contributed by atoms with Gasteiger partial charge in [0.15, 0.2) is 0 Å². The number of benzene rings is 1. The van der Waals surface area contributed by atoms with E-state index in [0.717, 1.165) is 0 Å². The largest absolute Gasteiger partial charge is 0.462 e. The van der Waals surface area contributed by atoms with E-state index < -0.39 is 10.9 Å². The monoisotopic (exact) mass is 279 g/mol. The average Bonchev–Trinajstić information content (AvgIpc) is 2.74. The molecule has 2 aromatic rings. The zero-order valence-electron chi connectivity index (χ0n) is 11.0. The summed E-state index contributed by atoms with van der Waals surface area (Å²) < 4.78 is 10.3. The highest BCUT2D eigenvalue weighted by molar-refractivity contribution is 6.07. The number of hydrogen-bond donors (Lipinski definition) is 1. The number of hydrogen-bond acceptors (Lipinski definition) is 6. The molecule has 106 valence electrons. The molecule has 2 rings (SSSR count). The SMILES string of the molecule is CCOC(=O)c1c(C)oc2c([N+](=O)[O-])ccc(CO)c12. The van der Waals surface area contributed by atoms with E-state index in [1.165, 1.54) is 19.1 Å². The molecule has 0 unspecified atom stereocenters. The lowest BCUT2D eigenvalue weighted by molar-refractivity contribution is -0.383. The Labute approximate surface area is 113 Å². The van der Waals surface area contributed by atoms with Gasteiger partial charge in [-0.25, -0.2) is 4.79 Å². The minimum atomic E-state index is -0.626. The molecule has 1 aromatic carbocycles. The van der Waals surface area contributed by atoms with Crippen molar-refractivity contribution in [2.45, 2.75) is 20.5 Å². The lowest BCUT2D eigenvalue weighted by Crippen LogP contribution is -2.06. The predicted molar refractivity (Wildman–Crippen MR) is 69.5 cm³/mol. The van der Waals surface area contributed by atoms with Crippen LogP contribution in [0.2, 0.25) is 0 Å². The van der Waals surface area contributed by atoms with Crippen molar-refractivity contribution in [3.8, 4) is 0 Å². The quantitative estimate of drug-likeness (QED) is 0.523. The van der Waals surface area contributed by atoms with Gasteiger partial charge in [0.25, 0.3) is 0 Å². The van der Waals surface area contributed by atoms with Crippen LogP contribution in [-0.4, -0.2) is 22.6 Å². The van der Waals surface area contributed by atoms with Crippen molar-refractivity contribution in [3.05, 3.63) is 39.1 Å². The number of nitro groups is 1. The third-order valence-electron chi connectivity index (χ3n) is 2.93. The van der Waals surface area contributed by atoms with Crippen LogP contribution >= 0.6 is 0 Å². The van der Waals surface area contributed by atoms with Crippen LogP contribution in [0.5, 0.6) is 0 Å². The molecule has 0 radical (unpaired) electrons. The first-order valence-electron chi connectivity index (χ1n) is 5.98. The maximum atomic E-state index is 12.0. The van der Waals surface area contributed by atoms with Gasteiger partial charge >= 0.3 is 11.7 Å². The molecule has 0 saturated carbocycles. The maximum Gasteiger partial charge on any atom is 0.342 e. The summed E-state index contributed by atoms with van der Waals surface area (Å²) in [6.07, 6.45) is 0. The molecule has 0 aliphatic rings. The molecule has 0 aliphatic heterocycles. The Morgan fingerprint density at radius 1 is 1.50 bits per heavy atom. The number of aliphatic hydroxyl groups is 1. The van der Waals surface area contributed by atoms with E-state index >= 15 is 0 Å². The number of fused-ring (bicyclic) bond motifs is 1. The molecular formula is C13H13NO6. The van der Waals surface area contributed by atoms with Gasteiger partial charge in [-0.15, -0.1) is 0 Å². The molecule has 1 heterocycles. The molecule has 7 heteroatoms. The van der Waals surface area contributed by atoms with E-state index in [0.29, 0.717) is 5.56 Å². The fourth-order valence-electron chi connectivity index (χ4n) is 2.09. The Bertz CT molecular complexity index is 688. The van der Waals surface area contributed by atoms with Gasteiger partial charge in [0.05, 0.1) is 18.1 Å². The summed E-state index contributed by atoms with van der Waals surface area (Å²) in [4.78, 5) is 22.4. The topological polar surface area (TPSA) is 103 Å². The summed E-state index contributed by atoms with van der Waals surface area (Å²) in [6.45, 7) is 3.00. The van der Waals surface area contributed by atoms with Gasteiger partial charge in [0.2, 0.25) is 5.58 Å². The Morgan fingerprint density at radius 3 is 2.75 bits per heavy atom. The molecule has 0 saturated heterocycles. The molecule has 20 heavy (non-hydrogen) atoms. The minimum Gasteiger partial charge on any atom is -0.462 e. The number of non-ortho nitro benzene ring substituents is 1. The number of carbonyl (C=O) groups excluding carboxylic acids is 1. The fraction of sp³-hybridized carbons (Fsp3) is 0.308. The molecule has 0 fully saturated rings. The third-order valence-corrected chi connectivity index (χ3v) is 2.93. The van der Waals surface area contributed by atoms with Gasteiger partial charge in [-0.2, -0.15) is 0 Å². The summed E-state index contributed by atoms with van der Waals surface area (Å²) in [5.74, 6) is -0.401. The molecule has 0 aliphatic carbocycles. The summed E-state index contributed by atoms with van der Waals surface area (Å²) in [5.41, 5.74) is 0.220. The first-order valence-corrected chi connectivity index (χ1v) is 5.98. The second kappa shape index (κ2) is 5.30. The molecule has 0 spiro atoms. The highest BCUT2D eigenvalue weighted by Gasteiger charge is 2.27. The highest BCUT2D eigenvalue weighted by atomic mass is 16.6. The number of nitro benzene ring substituents is 1. The van der Waals surface area contributed by atoms with Crippen molar-refractivity contribution in [2.75, 3.05) is 6.61 Å². The summed E-state index contributed by atoms with van der Waals surface area (Å²) in [7, 11) is 0. The Balaban J connectivity index is 2.82. The van der Waals surface area contributed by atoms with Crippen LogP contribution < -0.4 is 0 Å². The standard InChI is InChI=1S/C13H13NO6/c1-3-19-13(16)10-7(2)20-12-9(14(17)18)5-4-8(6-15)11(10)12/h4-5,15H,3,6H2,1-2H3. The van der Waals surface area contributed by atoms with Crippen molar-refractivity contribution >= 4 is 22.6 Å². The zero-order valence-corrected chi connectivity index (χ0v) is 11.0. The summed E-state index contributed by atoms with van der Waals surface area (Å²) in [6, 6.07) is 2.64. The zero-order chi connectivity index (χ0) is 14.9. The molecule has 1 N–H and O–H groups in total. The molecule has 0 amide bonds. The second-order valence-corrected chi connectivity index (χ2v) is 4.12. The fourth-order valence-corrected chi connectivity index (χ4v) is 2.09. The van der Waals surface area contributed by atoms with Crippen molar-refractivity contribution in [1.82, 2.24) is 0 Å². The van der Waals surface area contributed by atoms with Crippen LogP contribution in [0.4, 0.5) is 5.69 Å². The van der Waals surface area contributed by atoms with E-state index in [4.69, 9.17) is 9.15 Å². The van der Waals surface area contributed by atoms with Crippen molar-refractivity contribution in [3.63, 3.8) is 0 Å². The van der Waals surface area contributed by atoms with Gasteiger partial charge in [-0.05, 0) is 25.5 Å². The summed E-state index contributed by atoms with van der Waals surface area (Å²) in [5, 5.41) is 20.6. The normalized spacial score (nSPS) is 10.8. The van der Waals surface area contributed by atoms with Crippen molar-refractivity contribution in [1.29, 1.82) is 0 Å². The van der Waals surface area contributed by atoms with E-state index in [1.807, 2.05) is 0 Å². The first kappa shape index (κ1) is 14.0. The Kier molecular flexibility index (Phi) is 3.71. The van der Waals surface area contributed by atoms with Gasteiger partial charge in [-0.1, -0.05) is 0 Å². The van der Waals surface area contributed by atoms with Crippen LogP contribution in [-0.2, 0) is 11.3 Å². The number of ether oxygens (including phenoxy) is 1. The molecule has 0 atom stereocenters. The van der Waals surface area contributed by atoms with Crippen molar-refractivity contribution in [2.24, 2.45) is 0 Å². The van der Waals surface area contributed by atoms with Crippen LogP contribution in [0.25, 0.3) is 11.0 Å². The second-order valence-electron chi connectivity index (χ2n) is 4.12. The van der Waals surface area contributed by atoms with Gasteiger partial charge < -0.3 is 14.3 Å². The van der Waals surface area contributed by atoms with E-state index in [2.05, 4.69) is 0 Å². The van der Waals surface area contributed by atoms with Gasteiger partial charge in [0, 0.05) is 11.5 Å². The van der Waals surface area contributed by atoms with Crippen molar-refractivity contribution < 1.29 is 24.0 Å². The van der Waals surface area contributed by atoms with E-state index in [9.17, 15) is 20.0 Å². The number of carbonyl (C=O) groups is 1. The lowest BCUT2D eigenvalue weighted by atomic mass is 10.0. The first-order chi connectivity index (χ1) is 9.51. The van der Waals surface area contributed by atoms with Crippen LogP contribution in [0, 0.1) is 17.0 Å². The van der Waals surface area contributed by atoms with Crippen LogP contribution in [0.15, 0.2) is 16.5 Å². The summed E-state index contributed by atoms with van der Waals surface area (Å²) >= 11 is 0. The van der Waals surface area contributed by atoms with E-state index in [1.54, 1.807) is 6.92 Å². The number of rotatable bonds is 4. The van der Waals surface area contributed by atoms with Gasteiger partial charge in [0.1, 0.15) is 11.3 Å². The van der Waals surface area contributed by atoms with Gasteiger partial charge in [-0.3, -0.25) is 10.1 Å². The van der Waals surface area contributed by atoms with Crippen LogP contribution in [0.3, 0.4) is 0 Å². The third kappa shape index (κ3) is 2.12. The maximum absolute atomic E-state index is 12.0. The molecule has 7 nitrogen and oxygen atoms in total. The molecule has 1 aromatic heterocycles. The number of esters is 1. The Morgan fingerprint density at radius 2 is 2.20 bits per heavy atom.